The maximum absolute atomic E-state index is 12.1. The third-order valence-corrected chi connectivity index (χ3v) is 5.88. The van der Waals surface area contributed by atoms with Crippen LogP contribution in [0.5, 0.6) is 0 Å². The monoisotopic (exact) mass is 352 g/mol. The first-order chi connectivity index (χ1) is 7.91. The van der Waals surface area contributed by atoms with Gasteiger partial charge >= 0.3 is 0 Å². The molecule has 0 saturated carbocycles. The molecule has 0 fully saturated rings. The molecule has 2 rings (SSSR count). The quantitative estimate of drug-likeness (QED) is 0.832. The summed E-state index contributed by atoms with van der Waals surface area (Å²) in [4.78, 5) is 3.93. The van der Waals surface area contributed by atoms with Crippen LogP contribution >= 0.6 is 39.1 Å². The lowest BCUT2D eigenvalue weighted by Gasteiger charge is -2.02. The van der Waals surface area contributed by atoms with Gasteiger partial charge in [0.15, 0.2) is 0 Å². The Kier molecular flexibility index (Phi) is 3.53. The van der Waals surface area contributed by atoms with Crippen molar-refractivity contribution >= 4 is 48.9 Å². The summed E-state index contributed by atoms with van der Waals surface area (Å²) < 4.78 is 28.3. The Bertz CT molecular complexity index is 669. The van der Waals surface area contributed by atoms with Crippen LogP contribution in [0.3, 0.4) is 0 Å². The van der Waals surface area contributed by atoms with E-state index in [-0.39, 0.29) is 14.0 Å². The van der Waals surface area contributed by atoms with E-state index in [9.17, 15) is 8.42 Å². The second kappa shape index (κ2) is 4.64. The van der Waals surface area contributed by atoms with E-state index in [0.717, 1.165) is 17.1 Å². The number of halogens is 2. The maximum atomic E-state index is 12.1. The first-order valence-corrected chi connectivity index (χ1v) is 7.84. The Balaban J connectivity index is 2.56. The van der Waals surface area contributed by atoms with Crippen molar-refractivity contribution in [1.82, 2.24) is 9.36 Å². The molecule has 90 valence electrons. The van der Waals surface area contributed by atoms with E-state index in [1.807, 2.05) is 0 Å². The Morgan fingerprint density at radius 1 is 1.41 bits per heavy atom. The number of aromatic nitrogens is 2. The van der Waals surface area contributed by atoms with Crippen molar-refractivity contribution in [3.8, 4) is 0 Å². The minimum absolute atomic E-state index is 0.0516. The van der Waals surface area contributed by atoms with Crippen molar-refractivity contribution in [2.24, 2.45) is 0 Å². The Morgan fingerprint density at radius 2 is 2.12 bits per heavy atom. The van der Waals surface area contributed by atoms with Gasteiger partial charge in [0.2, 0.25) is 18.9 Å². The molecule has 0 radical (unpaired) electrons. The number of hydrogen-bond acceptors (Lipinski definition) is 5. The van der Waals surface area contributed by atoms with Crippen molar-refractivity contribution < 1.29 is 8.42 Å². The van der Waals surface area contributed by atoms with Crippen LogP contribution < -0.4 is 0 Å². The number of rotatable bonds is 2. The zero-order chi connectivity index (χ0) is 12.6. The Labute approximate surface area is 116 Å². The van der Waals surface area contributed by atoms with Crippen molar-refractivity contribution in [3.05, 3.63) is 33.5 Å². The van der Waals surface area contributed by atoms with Gasteiger partial charge in [0.25, 0.3) is 0 Å². The summed E-state index contributed by atoms with van der Waals surface area (Å²) in [6.45, 7) is 1.81. The molecule has 0 spiro atoms. The van der Waals surface area contributed by atoms with Gasteiger partial charge in [-0.3, -0.25) is 0 Å². The third-order valence-electron chi connectivity index (χ3n) is 2.07. The first-order valence-electron chi connectivity index (χ1n) is 4.42. The molecule has 0 unspecified atom stereocenters. The number of benzene rings is 1. The Hall–Kier alpha value is -0.500. The molecule has 0 atom stereocenters. The van der Waals surface area contributed by atoms with Crippen molar-refractivity contribution in [3.63, 3.8) is 0 Å². The molecular formula is C9H6BrClN2O2S2. The highest BCUT2D eigenvalue weighted by atomic mass is 79.9. The molecule has 1 aromatic heterocycles. The molecule has 0 saturated heterocycles. The molecule has 0 aliphatic heterocycles. The molecule has 2 aromatic rings. The van der Waals surface area contributed by atoms with Crippen LogP contribution in [0.1, 0.15) is 5.56 Å². The molecule has 0 N–H and O–H groups in total. The van der Waals surface area contributed by atoms with Gasteiger partial charge in [-0.05, 0) is 52.1 Å². The second-order valence-corrected chi connectivity index (χ2v) is 7.24. The fourth-order valence-corrected chi connectivity index (χ4v) is 4.06. The highest BCUT2D eigenvalue weighted by molar-refractivity contribution is 9.10. The van der Waals surface area contributed by atoms with Crippen LogP contribution in [0.4, 0.5) is 0 Å². The summed E-state index contributed by atoms with van der Waals surface area (Å²) in [7, 11) is -3.63. The molecule has 17 heavy (non-hydrogen) atoms. The van der Waals surface area contributed by atoms with E-state index in [4.69, 9.17) is 11.6 Å². The topological polar surface area (TPSA) is 59.9 Å². The molecule has 1 aromatic carbocycles. The highest BCUT2D eigenvalue weighted by Crippen LogP contribution is 2.27. The number of sulfone groups is 1. The van der Waals surface area contributed by atoms with Crippen molar-refractivity contribution in [2.45, 2.75) is 16.2 Å². The standard InChI is InChI=1S/C9H6BrClN2O2S2/c1-5-2-3-6(4-7(5)11)17(14,15)9-12-8(10)13-16-9/h2-4H,1H3. The van der Waals surface area contributed by atoms with Crippen LogP contribution in [0, 0.1) is 6.92 Å². The van der Waals surface area contributed by atoms with E-state index in [0.29, 0.717) is 5.02 Å². The number of aryl methyl sites for hydroxylation is 1. The molecular weight excluding hydrogens is 348 g/mol. The fourth-order valence-electron chi connectivity index (χ4n) is 1.14. The van der Waals surface area contributed by atoms with Crippen LogP contribution in [-0.4, -0.2) is 17.8 Å². The van der Waals surface area contributed by atoms with Gasteiger partial charge in [-0.15, -0.1) is 0 Å². The van der Waals surface area contributed by atoms with Gasteiger partial charge in [0, 0.05) is 5.02 Å². The SMILES string of the molecule is Cc1ccc(S(=O)(=O)c2nc(Br)ns2)cc1Cl. The molecule has 8 heteroatoms. The first kappa shape index (κ1) is 12.9. The van der Waals surface area contributed by atoms with Crippen molar-refractivity contribution in [2.75, 3.05) is 0 Å². The lowest BCUT2D eigenvalue weighted by Crippen LogP contribution is -2.01. The molecule has 0 aliphatic rings. The molecule has 0 aliphatic carbocycles. The van der Waals surface area contributed by atoms with Gasteiger partial charge < -0.3 is 0 Å². The minimum atomic E-state index is -3.63. The van der Waals surface area contributed by atoms with E-state index < -0.39 is 9.84 Å². The van der Waals surface area contributed by atoms with Gasteiger partial charge in [-0.25, -0.2) is 8.42 Å². The zero-order valence-electron chi connectivity index (χ0n) is 8.52. The number of hydrogen-bond donors (Lipinski definition) is 0. The summed E-state index contributed by atoms with van der Waals surface area (Å²) in [5, 5.41) is 0.412. The van der Waals surface area contributed by atoms with E-state index in [2.05, 4.69) is 25.3 Å². The molecule has 0 bridgehead atoms. The van der Waals surface area contributed by atoms with E-state index >= 15 is 0 Å². The zero-order valence-corrected chi connectivity index (χ0v) is 12.5. The molecule has 1 heterocycles. The van der Waals surface area contributed by atoms with Crippen LogP contribution in [0.15, 0.2) is 32.2 Å². The lowest BCUT2D eigenvalue weighted by molar-refractivity contribution is 0.595. The average Bonchev–Trinajstić information content (AvgIpc) is 2.69. The summed E-state index contributed by atoms with van der Waals surface area (Å²) in [6.07, 6.45) is 0. The maximum Gasteiger partial charge on any atom is 0.235 e. The summed E-state index contributed by atoms with van der Waals surface area (Å²) >= 11 is 9.75. The van der Waals surface area contributed by atoms with Crippen LogP contribution in [0.25, 0.3) is 0 Å². The van der Waals surface area contributed by atoms with Crippen LogP contribution in [-0.2, 0) is 9.84 Å². The van der Waals surface area contributed by atoms with Gasteiger partial charge in [0.05, 0.1) is 4.90 Å². The smallest absolute Gasteiger partial charge is 0.216 e. The lowest BCUT2D eigenvalue weighted by atomic mass is 10.2. The van der Waals surface area contributed by atoms with Gasteiger partial charge in [-0.1, -0.05) is 17.7 Å². The Morgan fingerprint density at radius 3 is 2.65 bits per heavy atom. The largest absolute Gasteiger partial charge is 0.235 e. The van der Waals surface area contributed by atoms with Gasteiger partial charge in [-0.2, -0.15) is 9.36 Å². The average molecular weight is 354 g/mol. The minimum Gasteiger partial charge on any atom is -0.216 e. The van der Waals surface area contributed by atoms with Gasteiger partial charge in [0.1, 0.15) is 0 Å². The molecule has 4 nitrogen and oxygen atoms in total. The summed E-state index contributed by atoms with van der Waals surface area (Å²) in [5.41, 5.74) is 0.823. The third kappa shape index (κ3) is 2.52. The summed E-state index contributed by atoms with van der Waals surface area (Å²) in [6, 6.07) is 4.58. The predicted octanol–water partition coefficient (Wildman–Crippen LogP) is 3.10. The highest BCUT2D eigenvalue weighted by Gasteiger charge is 2.22. The normalized spacial score (nSPS) is 11.7. The number of nitrogens with zero attached hydrogens (tertiary/aromatic N) is 2. The van der Waals surface area contributed by atoms with Crippen molar-refractivity contribution in [1.29, 1.82) is 0 Å². The predicted molar refractivity (Wildman–Crippen MR) is 69.2 cm³/mol. The van der Waals surface area contributed by atoms with Crippen LogP contribution in [0.2, 0.25) is 5.02 Å². The van der Waals surface area contributed by atoms with E-state index in [1.54, 1.807) is 13.0 Å². The fraction of sp³-hybridized carbons (Fsp3) is 0.111. The second-order valence-electron chi connectivity index (χ2n) is 3.24. The van der Waals surface area contributed by atoms with E-state index in [1.165, 1.54) is 12.1 Å². The molecule has 0 amide bonds. The summed E-state index contributed by atoms with van der Waals surface area (Å²) in [5.74, 6) is 0.